The van der Waals surface area contributed by atoms with Crippen LogP contribution in [0.5, 0.6) is 0 Å². The van der Waals surface area contributed by atoms with Crippen LogP contribution >= 0.6 is 0 Å². The minimum Gasteiger partial charge on any atom is -0.310 e. The molecule has 0 saturated heterocycles. The summed E-state index contributed by atoms with van der Waals surface area (Å²) in [5, 5.41) is 5.08. The molecule has 382 valence electrons. The van der Waals surface area contributed by atoms with E-state index in [1.54, 1.807) is 0 Å². The molecular formula is C79H51N3. The first kappa shape index (κ1) is 46.2. The molecule has 1 aliphatic carbocycles. The summed E-state index contributed by atoms with van der Waals surface area (Å²) in [5.41, 5.74) is 27.2. The van der Waals surface area contributed by atoms with Crippen LogP contribution in [0.4, 0.5) is 17.1 Å². The van der Waals surface area contributed by atoms with Crippen molar-refractivity contribution < 1.29 is 0 Å². The number of anilines is 3. The fourth-order valence-electron chi connectivity index (χ4n) is 14.2. The minimum atomic E-state index is -0.529. The Kier molecular flexibility index (Phi) is 10.2. The molecule has 2 aromatic heterocycles. The number of hydrogen-bond acceptors (Lipinski definition) is 1. The average molecular weight is 1040 g/mol. The van der Waals surface area contributed by atoms with Gasteiger partial charge in [0.1, 0.15) is 0 Å². The standard InChI is InChI=1S/C79H51N3/c1-2-19-52(20-3-1)55-21-16-23-58(49-55)62-25-5-11-34-73(62)80(59-44-39-53(40-45-59)56-22-17-24-61(50-56)81-74-35-12-6-27-65(74)66-28-7-13-36-75(66)81)60-46-41-54(42-47-60)57-43-48-64-63-26-4-9-31-69(63)79(72(64)51-57)70-32-10-15-38-77(70)82-76-37-14-8-29-67(76)68-30-18-33-71(79)78(68)82/h1-51H. The zero-order chi connectivity index (χ0) is 53.9. The molecule has 1 atom stereocenters. The van der Waals surface area contributed by atoms with E-state index >= 15 is 0 Å². The van der Waals surface area contributed by atoms with Crippen molar-refractivity contribution in [3.05, 3.63) is 332 Å². The van der Waals surface area contributed by atoms with E-state index in [0.717, 1.165) is 50.6 Å². The lowest BCUT2D eigenvalue weighted by Gasteiger charge is -2.39. The number of rotatable bonds is 8. The smallest absolute Gasteiger partial charge is 0.0754 e. The largest absolute Gasteiger partial charge is 0.310 e. The monoisotopic (exact) mass is 1040 g/mol. The number of aromatic nitrogens is 2. The molecule has 1 spiro atoms. The molecule has 13 aromatic carbocycles. The molecule has 0 N–H and O–H groups in total. The van der Waals surface area contributed by atoms with Gasteiger partial charge in [-0.2, -0.15) is 0 Å². The quantitative estimate of drug-likeness (QED) is 0.148. The second-order valence-corrected chi connectivity index (χ2v) is 21.9. The normalized spacial score (nSPS) is 13.9. The number of para-hydroxylation sites is 6. The predicted octanol–water partition coefficient (Wildman–Crippen LogP) is 20.7. The van der Waals surface area contributed by atoms with Crippen molar-refractivity contribution >= 4 is 60.7 Å². The summed E-state index contributed by atoms with van der Waals surface area (Å²) in [6.45, 7) is 0. The van der Waals surface area contributed by atoms with Crippen LogP contribution < -0.4 is 4.90 Å². The molecule has 0 fully saturated rings. The van der Waals surface area contributed by atoms with Crippen LogP contribution in [0.3, 0.4) is 0 Å². The topological polar surface area (TPSA) is 13.1 Å². The number of benzene rings is 13. The van der Waals surface area contributed by atoms with Gasteiger partial charge in [-0.15, -0.1) is 0 Å². The third-order valence-electron chi connectivity index (χ3n) is 17.7. The predicted molar refractivity (Wildman–Crippen MR) is 342 cm³/mol. The molecule has 0 saturated carbocycles. The summed E-state index contributed by atoms with van der Waals surface area (Å²) in [6, 6.07) is 115. The van der Waals surface area contributed by atoms with Gasteiger partial charge in [-0.1, -0.05) is 231 Å². The van der Waals surface area contributed by atoms with Crippen molar-refractivity contribution in [2.45, 2.75) is 5.41 Å². The van der Waals surface area contributed by atoms with Crippen LogP contribution in [0.1, 0.15) is 22.3 Å². The van der Waals surface area contributed by atoms with Gasteiger partial charge in [-0.25, -0.2) is 0 Å². The Labute approximate surface area is 476 Å². The molecule has 0 radical (unpaired) electrons. The van der Waals surface area contributed by atoms with Crippen molar-refractivity contribution in [3.63, 3.8) is 0 Å². The van der Waals surface area contributed by atoms with Crippen LogP contribution in [0, 0.1) is 0 Å². The van der Waals surface area contributed by atoms with E-state index < -0.39 is 5.41 Å². The van der Waals surface area contributed by atoms with Gasteiger partial charge in [-0.05, 0) is 151 Å². The third kappa shape index (κ3) is 6.77. The number of fused-ring (bicyclic) bond motifs is 15. The van der Waals surface area contributed by atoms with E-state index in [1.165, 1.54) is 99.4 Å². The second-order valence-electron chi connectivity index (χ2n) is 21.9. The maximum Gasteiger partial charge on any atom is 0.0754 e. The summed E-state index contributed by atoms with van der Waals surface area (Å²) in [7, 11) is 0. The summed E-state index contributed by atoms with van der Waals surface area (Å²) in [5.74, 6) is 0. The highest BCUT2D eigenvalue weighted by Crippen LogP contribution is 2.61. The van der Waals surface area contributed by atoms with E-state index in [4.69, 9.17) is 0 Å². The molecule has 17 rings (SSSR count). The van der Waals surface area contributed by atoms with E-state index in [-0.39, 0.29) is 0 Å². The van der Waals surface area contributed by atoms with Crippen LogP contribution in [0.25, 0.3) is 111 Å². The summed E-state index contributed by atoms with van der Waals surface area (Å²) >= 11 is 0. The van der Waals surface area contributed by atoms with Gasteiger partial charge in [0.2, 0.25) is 0 Å². The maximum atomic E-state index is 2.52. The highest BCUT2D eigenvalue weighted by atomic mass is 15.1. The molecule has 15 aromatic rings. The Hall–Kier alpha value is -10.7. The van der Waals surface area contributed by atoms with Gasteiger partial charge >= 0.3 is 0 Å². The molecular weight excluding hydrogens is 991 g/mol. The van der Waals surface area contributed by atoms with Gasteiger partial charge in [0, 0.05) is 44.2 Å². The van der Waals surface area contributed by atoms with Crippen molar-refractivity contribution in [1.82, 2.24) is 9.13 Å². The fourth-order valence-corrected chi connectivity index (χ4v) is 14.2. The Balaban J connectivity index is 0.798. The Morgan fingerprint density at radius 1 is 0.256 bits per heavy atom. The van der Waals surface area contributed by atoms with E-state index in [0.29, 0.717) is 0 Å². The lowest BCUT2D eigenvalue weighted by molar-refractivity contribution is 0.749. The Morgan fingerprint density at radius 3 is 1.44 bits per heavy atom. The molecule has 1 unspecified atom stereocenters. The van der Waals surface area contributed by atoms with Crippen LogP contribution in [0.2, 0.25) is 0 Å². The molecule has 82 heavy (non-hydrogen) atoms. The highest BCUT2D eigenvalue weighted by Gasteiger charge is 2.51. The summed E-state index contributed by atoms with van der Waals surface area (Å²) in [6.07, 6.45) is 0. The maximum absolute atomic E-state index is 2.52. The number of hydrogen-bond donors (Lipinski definition) is 0. The van der Waals surface area contributed by atoms with Crippen LogP contribution in [-0.4, -0.2) is 9.13 Å². The van der Waals surface area contributed by atoms with Gasteiger partial charge in [-0.3, -0.25) is 0 Å². The van der Waals surface area contributed by atoms with Gasteiger partial charge in [0.25, 0.3) is 0 Å². The van der Waals surface area contributed by atoms with Crippen molar-refractivity contribution in [2.24, 2.45) is 0 Å². The summed E-state index contributed by atoms with van der Waals surface area (Å²) in [4.78, 5) is 2.43. The third-order valence-corrected chi connectivity index (χ3v) is 17.7. The zero-order valence-electron chi connectivity index (χ0n) is 44.8. The lowest BCUT2D eigenvalue weighted by Crippen LogP contribution is -2.33. The zero-order valence-corrected chi connectivity index (χ0v) is 44.8. The van der Waals surface area contributed by atoms with E-state index in [1.807, 2.05) is 0 Å². The Morgan fingerprint density at radius 2 is 0.720 bits per heavy atom. The van der Waals surface area contributed by atoms with Crippen molar-refractivity contribution in [1.29, 1.82) is 0 Å². The van der Waals surface area contributed by atoms with Crippen LogP contribution in [0.15, 0.2) is 309 Å². The minimum absolute atomic E-state index is 0.529. The number of nitrogens with zero attached hydrogens (tertiary/aromatic N) is 3. The van der Waals surface area contributed by atoms with E-state index in [9.17, 15) is 0 Å². The van der Waals surface area contributed by atoms with Crippen LogP contribution in [-0.2, 0) is 5.41 Å². The average Bonchev–Trinajstić information content (AvgIpc) is 3.48. The molecule has 0 amide bonds. The second kappa shape index (κ2) is 18.2. The fraction of sp³-hybridized carbons (Fsp3) is 0.0127. The molecule has 1 aliphatic heterocycles. The first-order chi connectivity index (χ1) is 40.7. The van der Waals surface area contributed by atoms with Gasteiger partial charge in [0.05, 0.1) is 38.9 Å². The Bertz CT molecular complexity index is 4990. The molecule has 3 heterocycles. The molecule has 3 heteroatoms. The van der Waals surface area contributed by atoms with Gasteiger partial charge < -0.3 is 14.0 Å². The highest BCUT2D eigenvalue weighted by molar-refractivity contribution is 6.13. The first-order valence-corrected chi connectivity index (χ1v) is 28.4. The van der Waals surface area contributed by atoms with E-state index in [2.05, 4.69) is 323 Å². The first-order valence-electron chi connectivity index (χ1n) is 28.4. The summed E-state index contributed by atoms with van der Waals surface area (Å²) < 4.78 is 4.92. The SMILES string of the molecule is c1ccc(-c2cccc(-c3ccccc3N(c3ccc(-c4cccc(-n5c6ccccc6c6ccccc65)c4)cc3)c3ccc(-c4ccc5c(c4)C4(c6ccccc6-5)c5ccccc5-n5c6ccccc6c6cccc4c65)cc3)c2)cc1. The van der Waals surface area contributed by atoms with Crippen molar-refractivity contribution in [3.8, 4) is 67.0 Å². The molecule has 3 nitrogen and oxygen atoms in total. The lowest BCUT2D eigenvalue weighted by atomic mass is 9.65. The van der Waals surface area contributed by atoms with Gasteiger partial charge in [0.15, 0.2) is 0 Å². The molecule has 0 bridgehead atoms. The van der Waals surface area contributed by atoms with Crippen molar-refractivity contribution in [2.75, 3.05) is 4.90 Å². The molecule has 2 aliphatic rings.